The van der Waals surface area contributed by atoms with E-state index < -0.39 is 0 Å². The number of benzene rings is 2. The summed E-state index contributed by atoms with van der Waals surface area (Å²) in [6.07, 6.45) is 0. The molecule has 2 aromatic carbocycles. The van der Waals surface area contributed by atoms with Gasteiger partial charge in [-0.1, -0.05) is 28.1 Å². The summed E-state index contributed by atoms with van der Waals surface area (Å²) in [7, 11) is 1.70. The van der Waals surface area contributed by atoms with E-state index in [1.807, 2.05) is 36.4 Å². The van der Waals surface area contributed by atoms with Gasteiger partial charge in [0.1, 0.15) is 17.3 Å². The summed E-state index contributed by atoms with van der Waals surface area (Å²) < 4.78 is 12.4. The highest BCUT2D eigenvalue weighted by atomic mass is 79.9. The Bertz CT molecular complexity index is 981. The largest absolute Gasteiger partial charge is 0.484 e. The van der Waals surface area contributed by atoms with Crippen molar-refractivity contribution in [2.45, 2.75) is 13.5 Å². The van der Waals surface area contributed by atoms with Gasteiger partial charge < -0.3 is 19.4 Å². The first-order valence-electron chi connectivity index (χ1n) is 9.00. The minimum Gasteiger partial charge on any atom is -0.484 e. The standard InChI is InChI=1S/C22H21BrN2O4/c1-15(26)24-18-7-9-19(10-8-18)28-14-22(27)25(2)13-20-11-12-21(29-20)16-3-5-17(23)6-4-16/h3-12H,13-14H2,1-2H3,(H,24,26). The highest BCUT2D eigenvalue weighted by Crippen LogP contribution is 2.24. The summed E-state index contributed by atoms with van der Waals surface area (Å²) in [5, 5.41) is 2.68. The topological polar surface area (TPSA) is 71.8 Å². The van der Waals surface area contributed by atoms with Crippen molar-refractivity contribution in [3.8, 4) is 17.1 Å². The SMILES string of the molecule is CC(=O)Nc1ccc(OCC(=O)N(C)Cc2ccc(-c3ccc(Br)cc3)o2)cc1. The zero-order valence-electron chi connectivity index (χ0n) is 16.1. The van der Waals surface area contributed by atoms with Gasteiger partial charge in [0.25, 0.3) is 5.91 Å². The summed E-state index contributed by atoms with van der Waals surface area (Å²) in [5.41, 5.74) is 1.65. The summed E-state index contributed by atoms with van der Waals surface area (Å²) in [5.74, 6) is 1.69. The maximum Gasteiger partial charge on any atom is 0.260 e. The Morgan fingerprint density at radius 1 is 1.03 bits per heavy atom. The summed E-state index contributed by atoms with van der Waals surface area (Å²) >= 11 is 3.41. The second-order valence-electron chi connectivity index (χ2n) is 6.52. The molecule has 0 saturated heterocycles. The Hall–Kier alpha value is -3.06. The van der Waals surface area contributed by atoms with Gasteiger partial charge in [-0.3, -0.25) is 9.59 Å². The molecule has 0 aliphatic carbocycles. The number of hydrogen-bond acceptors (Lipinski definition) is 4. The third kappa shape index (κ3) is 5.96. The molecule has 1 N–H and O–H groups in total. The number of amides is 2. The van der Waals surface area contributed by atoms with Crippen molar-refractivity contribution in [1.29, 1.82) is 0 Å². The van der Waals surface area contributed by atoms with Crippen LogP contribution in [0, 0.1) is 0 Å². The number of rotatable bonds is 7. The van der Waals surface area contributed by atoms with Crippen LogP contribution in [0.15, 0.2) is 69.6 Å². The molecule has 2 amide bonds. The molecule has 1 aromatic heterocycles. The number of furan rings is 1. The fourth-order valence-corrected chi connectivity index (χ4v) is 2.91. The number of nitrogens with one attached hydrogen (secondary N) is 1. The van der Waals surface area contributed by atoms with Crippen LogP contribution in [0.3, 0.4) is 0 Å². The van der Waals surface area contributed by atoms with E-state index in [1.54, 1.807) is 36.2 Å². The minimum atomic E-state index is -0.169. The molecule has 0 unspecified atom stereocenters. The van der Waals surface area contributed by atoms with Gasteiger partial charge >= 0.3 is 0 Å². The second kappa shape index (κ2) is 9.43. The van der Waals surface area contributed by atoms with E-state index in [-0.39, 0.29) is 18.4 Å². The summed E-state index contributed by atoms with van der Waals surface area (Å²) in [6.45, 7) is 1.70. The zero-order valence-corrected chi connectivity index (χ0v) is 17.7. The number of halogens is 1. The fraction of sp³-hybridized carbons (Fsp3) is 0.182. The third-order valence-corrected chi connectivity index (χ3v) is 4.67. The maximum absolute atomic E-state index is 12.3. The molecule has 0 saturated carbocycles. The number of nitrogens with zero attached hydrogens (tertiary/aromatic N) is 1. The van der Waals surface area contributed by atoms with Gasteiger partial charge in [0.05, 0.1) is 6.54 Å². The Labute approximate surface area is 177 Å². The van der Waals surface area contributed by atoms with Gasteiger partial charge in [-0.2, -0.15) is 0 Å². The van der Waals surface area contributed by atoms with Crippen LogP contribution in [0.2, 0.25) is 0 Å². The summed E-state index contributed by atoms with van der Waals surface area (Å²) in [6, 6.07) is 18.4. The van der Waals surface area contributed by atoms with Gasteiger partial charge in [-0.25, -0.2) is 0 Å². The highest BCUT2D eigenvalue weighted by molar-refractivity contribution is 9.10. The molecular formula is C22H21BrN2O4. The zero-order chi connectivity index (χ0) is 20.8. The average molecular weight is 457 g/mol. The normalized spacial score (nSPS) is 10.4. The molecule has 3 aromatic rings. The van der Waals surface area contributed by atoms with E-state index in [2.05, 4.69) is 21.2 Å². The number of anilines is 1. The lowest BCUT2D eigenvalue weighted by molar-refractivity contribution is -0.132. The predicted molar refractivity (Wildman–Crippen MR) is 115 cm³/mol. The van der Waals surface area contributed by atoms with E-state index in [0.717, 1.165) is 15.8 Å². The third-order valence-electron chi connectivity index (χ3n) is 4.15. The lowest BCUT2D eigenvalue weighted by atomic mass is 10.2. The van der Waals surface area contributed by atoms with Crippen LogP contribution in [0.25, 0.3) is 11.3 Å². The monoisotopic (exact) mass is 456 g/mol. The van der Waals surface area contributed by atoms with Crippen LogP contribution in [0.1, 0.15) is 12.7 Å². The lowest BCUT2D eigenvalue weighted by Crippen LogP contribution is -2.30. The Balaban J connectivity index is 1.51. The van der Waals surface area contributed by atoms with Crippen molar-refractivity contribution in [1.82, 2.24) is 4.90 Å². The first kappa shape index (κ1) is 20.7. The quantitative estimate of drug-likeness (QED) is 0.558. The Morgan fingerprint density at radius 2 is 1.72 bits per heavy atom. The van der Waals surface area contributed by atoms with Crippen molar-refractivity contribution in [3.63, 3.8) is 0 Å². The second-order valence-corrected chi connectivity index (χ2v) is 7.43. The number of hydrogen-bond donors (Lipinski definition) is 1. The van der Waals surface area contributed by atoms with Gasteiger partial charge in [0.2, 0.25) is 5.91 Å². The Morgan fingerprint density at radius 3 is 2.38 bits per heavy atom. The van der Waals surface area contributed by atoms with Crippen molar-refractivity contribution in [3.05, 3.63) is 70.9 Å². The van der Waals surface area contributed by atoms with Crippen LogP contribution in [-0.2, 0) is 16.1 Å². The van der Waals surface area contributed by atoms with Crippen LogP contribution in [0.4, 0.5) is 5.69 Å². The minimum absolute atomic E-state index is 0.0870. The molecule has 150 valence electrons. The van der Waals surface area contributed by atoms with Crippen LogP contribution in [-0.4, -0.2) is 30.4 Å². The molecule has 29 heavy (non-hydrogen) atoms. The van der Waals surface area contributed by atoms with E-state index in [4.69, 9.17) is 9.15 Å². The molecule has 0 aliphatic rings. The van der Waals surface area contributed by atoms with Gasteiger partial charge in [-0.05, 0) is 48.5 Å². The number of carbonyl (C=O) groups is 2. The van der Waals surface area contributed by atoms with E-state index in [9.17, 15) is 9.59 Å². The molecular weight excluding hydrogens is 436 g/mol. The number of ether oxygens (including phenoxy) is 1. The fourth-order valence-electron chi connectivity index (χ4n) is 2.65. The maximum atomic E-state index is 12.3. The molecule has 0 spiro atoms. The smallest absolute Gasteiger partial charge is 0.260 e. The molecule has 0 radical (unpaired) electrons. The highest BCUT2D eigenvalue weighted by Gasteiger charge is 2.13. The lowest BCUT2D eigenvalue weighted by Gasteiger charge is -2.16. The molecule has 0 fully saturated rings. The molecule has 6 nitrogen and oxygen atoms in total. The predicted octanol–water partition coefficient (Wildman–Crippen LogP) is 4.70. The van der Waals surface area contributed by atoms with Crippen LogP contribution in [0.5, 0.6) is 5.75 Å². The number of likely N-dealkylation sites (N-methyl/N-ethyl adjacent to an activating group) is 1. The number of carbonyl (C=O) groups excluding carboxylic acids is 2. The molecule has 7 heteroatoms. The van der Waals surface area contributed by atoms with E-state index in [0.29, 0.717) is 23.7 Å². The van der Waals surface area contributed by atoms with E-state index >= 15 is 0 Å². The molecule has 1 heterocycles. The van der Waals surface area contributed by atoms with Gasteiger partial charge in [-0.15, -0.1) is 0 Å². The van der Waals surface area contributed by atoms with Crippen molar-refractivity contribution in [2.24, 2.45) is 0 Å². The molecule has 3 rings (SSSR count). The van der Waals surface area contributed by atoms with Crippen LogP contribution < -0.4 is 10.1 Å². The summed E-state index contributed by atoms with van der Waals surface area (Å²) in [4.78, 5) is 24.9. The molecule has 0 aliphatic heterocycles. The van der Waals surface area contributed by atoms with Crippen molar-refractivity contribution >= 4 is 33.4 Å². The van der Waals surface area contributed by atoms with Crippen molar-refractivity contribution < 1.29 is 18.7 Å². The first-order chi connectivity index (χ1) is 13.9. The van der Waals surface area contributed by atoms with Crippen LogP contribution >= 0.6 is 15.9 Å². The van der Waals surface area contributed by atoms with Crippen molar-refractivity contribution in [2.75, 3.05) is 19.0 Å². The Kier molecular flexibility index (Phi) is 6.72. The first-order valence-corrected chi connectivity index (χ1v) is 9.79. The average Bonchev–Trinajstić information content (AvgIpc) is 3.15. The van der Waals surface area contributed by atoms with Gasteiger partial charge in [0.15, 0.2) is 6.61 Å². The molecule has 0 bridgehead atoms. The molecule has 0 atom stereocenters. The van der Waals surface area contributed by atoms with Gasteiger partial charge in [0, 0.05) is 29.7 Å². The van der Waals surface area contributed by atoms with E-state index in [1.165, 1.54) is 6.92 Å².